The second kappa shape index (κ2) is 7.69. The molecule has 0 saturated heterocycles. The van der Waals surface area contributed by atoms with E-state index in [0.29, 0.717) is 5.56 Å². The second-order valence-electron chi connectivity index (χ2n) is 7.29. The van der Waals surface area contributed by atoms with Crippen LogP contribution in [-0.2, 0) is 9.47 Å². The van der Waals surface area contributed by atoms with Crippen molar-refractivity contribution in [2.24, 2.45) is 0 Å². The fraction of sp³-hybridized carbons (Fsp3) is 0.579. The molecule has 0 aliphatic heterocycles. The summed E-state index contributed by atoms with van der Waals surface area (Å²) >= 11 is 0. The normalized spacial score (nSPS) is 21.0. The molecule has 5 nitrogen and oxygen atoms in total. The van der Waals surface area contributed by atoms with Crippen molar-refractivity contribution in [3.63, 3.8) is 0 Å². The van der Waals surface area contributed by atoms with Gasteiger partial charge in [0.1, 0.15) is 11.7 Å². The number of carbonyl (C=O) groups excluding carboxylic acids is 2. The first-order valence-electron chi connectivity index (χ1n) is 8.48. The lowest BCUT2D eigenvalue weighted by atomic mass is 9.92. The van der Waals surface area contributed by atoms with Crippen LogP contribution in [0.5, 0.6) is 0 Å². The maximum atomic E-state index is 12.1. The Morgan fingerprint density at radius 3 is 2.17 bits per heavy atom. The van der Waals surface area contributed by atoms with Crippen LogP contribution in [0.25, 0.3) is 0 Å². The van der Waals surface area contributed by atoms with E-state index in [9.17, 15) is 9.59 Å². The Labute approximate surface area is 143 Å². The minimum absolute atomic E-state index is 0.0824. The molecular weight excluding hydrogens is 306 g/mol. The number of hydrogen-bond acceptors (Lipinski definition) is 4. The number of esters is 1. The number of nitrogens with zero attached hydrogens (tertiary/aromatic N) is 1. The van der Waals surface area contributed by atoms with Gasteiger partial charge in [-0.2, -0.15) is 0 Å². The maximum Gasteiger partial charge on any atom is 0.410 e. The molecular formula is C19H27NO4. The van der Waals surface area contributed by atoms with Crippen LogP contribution >= 0.6 is 0 Å². The van der Waals surface area contributed by atoms with Gasteiger partial charge < -0.3 is 14.4 Å². The SMILES string of the molecule is CN(C(=O)OC(C)(C)C)[C@H]1CC[C@@H](OC(=O)c2ccccc2)CC1. The largest absolute Gasteiger partial charge is 0.459 e. The molecule has 0 N–H and O–H groups in total. The van der Waals surface area contributed by atoms with E-state index >= 15 is 0 Å². The van der Waals surface area contributed by atoms with Crippen LogP contribution in [0.2, 0.25) is 0 Å². The summed E-state index contributed by atoms with van der Waals surface area (Å²) in [4.78, 5) is 25.9. The van der Waals surface area contributed by atoms with Gasteiger partial charge in [-0.25, -0.2) is 9.59 Å². The molecule has 0 heterocycles. The summed E-state index contributed by atoms with van der Waals surface area (Å²) in [7, 11) is 1.77. The Hall–Kier alpha value is -2.04. The Kier molecular flexibility index (Phi) is 5.86. The van der Waals surface area contributed by atoms with Crippen LogP contribution < -0.4 is 0 Å². The van der Waals surface area contributed by atoms with Crippen molar-refractivity contribution >= 4 is 12.1 Å². The monoisotopic (exact) mass is 333 g/mol. The van der Waals surface area contributed by atoms with E-state index in [4.69, 9.17) is 9.47 Å². The number of ether oxygens (including phenoxy) is 2. The fourth-order valence-electron chi connectivity index (χ4n) is 2.83. The van der Waals surface area contributed by atoms with E-state index < -0.39 is 5.60 Å². The zero-order valence-corrected chi connectivity index (χ0v) is 15.0. The van der Waals surface area contributed by atoms with Gasteiger partial charge in [0.2, 0.25) is 0 Å². The molecule has 1 saturated carbocycles. The molecule has 0 unspecified atom stereocenters. The van der Waals surface area contributed by atoms with E-state index in [1.54, 1.807) is 24.1 Å². The van der Waals surface area contributed by atoms with Crippen molar-refractivity contribution in [2.45, 2.75) is 64.2 Å². The standard InChI is InChI=1S/C19H27NO4/c1-19(2,3)24-18(22)20(4)15-10-12-16(13-11-15)23-17(21)14-8-6-5-7-9-14/h5-9,15-16H,10-13H2,1-4H3/t15-,16+. The van der Waals surface area contributed by atoms with Crippen molar-refractivity contribution < 1.29 is 19.1 Å². The zero-order valence-electron chi connectivity index (χ0n) is 15.0. The number of amides is 1. The van der Waals surface area contributed by atoms with Crippen molar-refractivity contribution in [3.8, 4) is 0 Å². The zero-order chi connectivity index (χ0) is 17.7. The van der Waals surface area contributed by atoms with Crippen LogP contribution in [0.3, 0.4) is 0 Å². The molecule has 0 radical (unpaired) electrons. The Balaban J connectivity index is 1.81. The minimum Gasteiger partial charge on any atom is -0.459 e. The summed E-state index contributed by atoms with van der Waals surface area (Å²) < 4.78 is 11.0. The highest BCUT2D eigenvalue weighted by Crippen LogP contribution is 2.26. The third-order valence-corrected chi connectivity index (χ3v) is 4.16. The van der Waals surface area contributed by atoms with Gasteiger partial charge in [-0.15, -0.1) is 0 Å². The van der Waals surface area contributed by atoms with Gasteiger partial charge in [0.25, 0.3) is 0 Å². The molecule has 1 aromatic carbocycles. The predicted molar refractivity (Wildman–Crippen MR) is 91.9 cm³/mol. The van der Waals surface area contributed by atoms with Crippen LogP contribution in [0.1, 0.15) is 56.8 Å². The number of hydrogen-bond donors (Lipinski definition) is 0. The van der Waals surface area contributed by atoms with Crippen LogP contribution in [0.4, 0.5) is 4.79 Å². The topological polar surface area (TPSA) is 55.8 Å². The van der Waals surface area contributed by atoms with E-state index in [0.717, 1.165) is 25.7 Å². The summed E-state index contributed by atoms with van der Waals surface area (Å²) in [5, 5.41) is 0. The molecule has 24 heavy (non-hydrogen) atoms. The number of carbonyl (C=O) groups is 2. The summed E-state index contributed by atoms with van der Waals surface area (Å²) in [6, 6.07) is 9.15. The van der Waals surface area contributed by atoms with Crippen molar-refractivity contribution in [1.29, 1.82) is 0 Å². The molecule has 1 aliphatic rings. The van der Waals surface area contributed by atoms with Gasteiger partial charge in [0.15, 0.2) is 0 Å². The molecule has 1 aromatic rings. The van der Waals surface area contributed by atoms with E-state index in [1.165, 1.54) is 0 Å². The van der Waals surface area contributed by atoms with E-state index in [-0.39, 0.29) is 24.2 Å². The van der Waals surface area contributed by atoms with Gasteiger partial charge >= 0.3 is 12.1 Å². The highest BCUT2D eigenvalue weighted by molar-refractivity contribution is 5.89. The lowest BCUT2D eigenvalue weighted by molar-refractivity contribution is 0.0000113. The average Bonchev–Trinajstić information content (AvgIpc) is 2.54. The number of rotatable bonds is 3. The van der Waals surface area contributed by atoms with Crippen LogP contribution in [0, 0.1) is 0 Å². The van der Waals surface area contributed by atoms with Crippen molar-refractivity contribution in [2.75, 3.05) is 7.05 Å². The summed E-state index contributed by atoms with van der Waals surface area (Å²) in [6.07, 6.45) is 2.76. The number of benzene rings is 1. The molecule has 1 aliphatic carbocycles. The Bertz CT molecular complexity index is 556. The lowest BCUT2D eigenvalue weighted by Crippen LogP contribution is -2.43. The summed E-state index contributed by atoms with van der Waals surface area (Å²) in [5.41, 5.74) is 0.0822. The molecule has 0 atom stereocenters. The second-order valence-corrected chi connectivity index (χ2v) is 7.29. The summed E-state index contributed by atoms with van der Waals surface area (Å²) in [5.74, 6) is -0.278. The molecule has 0 aromatic heterocycles. The molecule has 1 amide bonds. The first kappa shape index (κ1) is 18.3. The molecule has 0 bridgehead atoms. The third kappa shape index (κ3) is 5.25. The van der Waals surface area contributed by atoms with Gasteiger partial charge in [-0.1, -0.05) is 18.2 Å². The smallest absolute Gasteiger partial charge is 0.410 e. The first-order chi connectivity index (χ1) is 11.3. The lowest BCUT2D eigenvalue weighted by Gasteiger charge is -2.35. The van der Waals surface area contributed by atoms with Gasteiger partial charge in [0.05, 0.1) is 5.56 Å². The average molecular weight is 333 g/mol. The Morgan fingerprint density at radius 1 is 1.04 bits per heavy atom. The van der Waals surface area contributed by atoms with E-state index in [1.807, 2.05) is 39.0 Å². The van der Waals surface area contributed by atoms with Crippen molar-refractivity contribution in [3.05, 3.63) is 35.9 Å². The third-order valence-electron chi connectivity index (χ3n) is 4.16. The fourth-order valence-corrected chi connectivity index (χ4v) is 2.83. The van der Waals surface area contributed by atoms with Gasteiger partial charge in [-0.3, -0.25) is 0 Å². The molecule has 132 valence electrons. The van der Waals surface area contributed by atoms with Gasteiger partial charge in [0, 0.05) is 13.1 Å². The van der Waals surface area contributed by atoms with Crippen LogP contribution in [-0.4, -0.2) is 41.8 Å². The Morgan fingerprint density at radius 2 is 1.62 bits per heavy atom. The molecule has 2 rings (SSSR count). The highest BCUT2D eigenvalue weighted by Gasteiger charge is 2.30. The quantitative estimate of drug-likeness (QED) is 0.784. The minimum atomic E-state index is -0.492. The van der Waals surface area contributed by atoms with E-state index in [2.05, 4.69) is 0 Å². The molecule has 1 fully saturated rings. The molecule has 0 spiro atoms. The highest BCUT2D eigenvalue weighted by atomic mass is 16.6. The summed E-state index contributed by atoms with van der Waals surface area (Å²) in [6.45, 7) is 5.58. The predicted octanol–water partition coefficient (Wildman–Crippen LogP) is 4.02. The molecule has 5 heteroatoms. The first-order valence-corrected chi connectivity index (χ1v) is 8.48. The maximum absolute atomic E-state index is 12.1. The van der Waals surface area contributed by atoms with Crippen LogP contribution in [0.15, 0.2) is 30.3 Å². The van der Waals surface area contributed by atoms with Gasteiger partial charge in [-0.05, 0) is 58.6 Å². The van der Waals surface area contributed by atoms with Crippen molar-refractivity contribution in [1.82, 2.24) is 4.90 Å².